The summed E-state index contributed by atoms with van der Waals surface area (Å²) < 4.78 is 32.7. The molecule has 0 saturated carbocycles. The van der Waals surface area contributed by atoms with Crippen molar-refractivity contribution in [2.24, 2.45) is 0 Å². The fourth-order valence-electron chi connectivity index (χ4n) is 3.03. The molecular weight excluding hydrogens is 364 g/mol. The molecule has 27 heavy (non-hydrogen) atoms. The largest absolute Gasteiger partial charge is 0.377 e. The van der Waals surface area contributed by atoms with Gasteiger partial charge in [0.25, 0.3) is 5.91 Å². The number of benzene rings is 2. The third kappa shape index (κ3) is 4.94. The summed E-state index contributed by atoms with van der Waals surface area (Å²) in [5.41, 5.74) is 3.23. The molecule has 0 aliphatic carbocycles. The monoisotopic (exact) mass is 388 g/mol. The number of carbonyl (C=O) groups excluding carboxylic acids is 1. The van der Waals surface area contributed by atoms with E-state index in [2.05, 4.69) is 10.0 Å². The van der Waals surface area contributed by atoms with Crippen LogP contribution in [0.3, 0.4) is 0 Å². The molecule has 3 rings (SSSR count). The molecule has 1 atom stereocenters. The minimum atomic E-state index is -3.62. The number of amides is 1. The molecule has 1 aliphatic rings. The molecule has 0 bridgehead atoms. The Morgan fingerprint density at radius 3 is 2.52 bits per heavy atom. The highest BCUT2D eigenvalue weighted by Gasteiger charge is 2.20. The Labute approximate surface area is 160 Å². The minimum Gasteiger partial charge on any atom is -0.377 e. The van der Waals surface area contributed by atoms with Crippen molar-refractivity contribution in [3.05, 3.63) is 59.2 Å². The predicted molar refractivity (Wildman–Crippen MR) is 104 cm³/mol. The zero-order valence-electron chi connectivity index (χ0n) is 15.5. The van der Waals surface area contributed by atoms with Gasteiger partial charge in [0.05, 0.1) is 11.0 Å². The molecule has 2 aromatic carbocycles. The summed E-state index contributed by atoms with van der Waals surface area (Å²) in [6.07, 6.45) is 1.75. The lowest BCUT2D eigenvalue weighted by Crippen LogP contribution is -2.31. The summed E-state index contributed by atoms with van der Waals surface area (Å²) in [5, 5.41) is 2.85. The Morgan fingerprint density at radius 1 is 1.15 bits per heavy atom. The molecule has 0 aromatic heterocycles. The first kappa shape index (κ1) is 19.5. The maximum Gasteiger partial charge on any atom is 0.255 e. The topological polar surface area (TPSA) is 84.5 Å². The molecule has 2 aromatic rings. The van der Waals surface area contributed by atoms with Crippen LogP contribution in [0, 0.1) is 13.8 Å². The zero-order chi connectivity index (χ0) is 19.4. The summed E-state index contributed by atoms with van der Waals surface area (Å²) in [4.78, 5) is 12.5. The zero-order valence-corrected chi connectivity index (χ0v) is 16.3. The molecule has 2 N–H and O–H groups in total. The third-order valence-corrected chi connectivity index (χ3v) is 6.02. The second-order valence-electron chi connectivity index (χ2n) is 6.78. The average molecular weight is 388 g/mol. The van der Waals surface area contributed by atoms with Crippen molar-refractivity contribution in [3.8, 4) is 0 Å². The maximum atomic E-state index is 12.4. The molecule has 0 spiro atoms. The van der Waals surface area contributed by atoms with Gasteiger partial charge in [-0.05, 0) is 62.6 Å². The van der Waals surface area contributed by atoms with Crippen molar-refractivity contribution in [1.82, 2.24) is 4.72 Å². The number of hydrogen-bond donors (Lipinski definition) is 2. The number of carbonyl (C=O) groups is 1. The standard InChI is InChI=1S/C20H24N2O4S/c1-14-5-10-19(15(2)12-14)22-20(23)16-6-8-18(9-7-16)27(24,25)21-13-17-4-3-11-26-17/h5-10,12,17,21H,3-4,11,13H2,1-2H3,(H,22,23)/t17-/m1/s1. The van der Waals surface area contributed by atoms with Crippen LogP contribution in [0.4, 0.5) is 5.69 Å². The van der Waals surface area contributed by atoms with Crippen LogP contribution in [-0.2, 0) is 14.8 Å². The van der Waals surface area contributed by atoms with Crippen LogP contribution in [-0.4, -0.2) is 33.6 Å². The molecule has 144 valence electrons. The molecule has 0 radical (unpaired) electrons. The van der Waals surface area contributed by atoms with Gasteiger partial charge in [0.15, 0.2) is 0 Å². The predicted octanol–water partition coefficient (Wildman–Crippen LogP) is 3.01. The first-order valence-corrected chi connectivity index (χ1v) is 10.4. The van der Waals surface area contributed by atoms with Crippen molar-refractivity contribution in [2.45, 2.75) is 37.7 Å². The van der Waals surface area contributed by atoms with E-state index >= 15 is 0 Å². The van der Waals surface area contributed by atoms with Crippen LogP contribution in [0.1, 0.15) is 34.3 Å². The summed E-state index contributed by atoms with van der Waals surface area (Å²) in [6.45, 7) is 4.86. The van der Waals surface area contributed by atoms with Crippen molar-refractivity contribution in [1.29, 1.82) is 0 Å². The van der Waals surface area contributed by atoms with E-state index < -0.39 is 10.0 Å². The SMILES string of the molecule is Cc1ccc(NC(=O)c2ccc(S(=O)(=O)NC[C@H]3CCCO3)cc2)c(C)c1. The summed E-state index contributed by atoms with van der Waals surface area (Å²) in [7, 11) is -3.62. The van der Waals surface area contributed by atoms with Gasteiger partial charge in [-0.25, -0.2) is 13.1 Å². The highest BCUT2D eigenvalue weighted by atomic mass is 32.2. The fraction of sp³-hybridized carbons (Fsp3) is 0.350. The number of ether oxygens (including phenoxy) is 1. The Bertz CT molecular complexity index is 917. The number of rotatable bonds is 6. The van der Waals surface area contributed by atoms with E-state index in [0.29, 0.717) is 12.2 Å². The molecule has 1 heterocycles. The van der Waals surface area contributed by atoms with Gasteiger partial charge in [0, 0.05) is 24.4 Å². The quantitative estimate of drug-likeness (QED) is 0.797. The van der Waals surface area contributed by atoms with Gasteiger partial charge in [-0.15, -0.1) is 0 Å². The fourth-order valence-corrected chi connectivity index (χ4v) is 4.09. The first-order valence-electron chi connectivity index (χ1n) is 8.95. The molecule has 1 saturated heterocycles. The van der Waals surface area contributed by atoms with E-state index in [1.807, 2.05) is 32.0 Å². The van der Waals surface area contributed by atoms with Crippen LogP contribution in [0.2, 0.25) is 0 Å². The first-order chi connectivity index (χ1) is 12.8. The number of sulfonamides is 1. The van der Waals surface area contributed by atoms with E-state index in [-0.39, 0.29) is 23.5 Å². The van der Waals surface area contributed by atoms with E-state index in [1.54, 1.807) is 0 Å². The molecule has 6 nitrogen and oxygen atoms in total. The summed E-state index contributed by atoms with van der Waals surface area (Å²) >= 11 is 0. The van der Waals surface area contributed by atoms with Gasteiger partial charge in [-0.3, -0.25) is 4.79 Å². The third-order valence-electron chi connectivity index (χ3n) is 4.58. The van der Waals surface area contributed by atoms with Crippen LogP contribution >= 0.6 is 0 Å². The van der Waals surface area contributed by atoms with Gasteiger partial charge in [0.1, 0.15) is 0 Å². The minimum absolute atomic E-state index is 0.0671. The lowest BCUT2D eigenvalue weighted by Gasteiger charge is -2.12. The van der Waals surface area contributed by atoms with Gasteiger partial charge in [0.2, 0.25) is 10.0 Å². The summed E-state index contributed by atoms with van der Waals surface area (Å²) in [6, 6.07) is 11.7. The van der Waals surface area contributed by atoms with Gasteiger partial charge in [-0.2, -0.15) is 0 Å². The van der Waals surface area contributed by atoms with Gasteiger partial charge < -0.3 is 10.1 Å². The number of anilines is 1. The lowest BCUT2D eigenvalue weighted by molar-refractivity contribution is 0.102. The second-order valence-corrected chi connectivity index (χ2v) is 8.55. The Balaban J connectivity index is 1.65. The van der Waals surface area contributed by atoms with Crippen molar-refractivity contribution >= 4 is 21.6 Å². The summed E-state index contributed by atoms with van der Waals surface area (Å²) in [5.74, 6) is -0.279. The molecule has 1 aliphatic heterocycles. The van der Waals surface area contributed by atoms with E-state index in [0.717, 1.165) is 29.7 Å². The molecule has 1 fully saturated rings. The van der Waals surface area contributed by atoms with Crippen LogP contribution < -0.4 is 10.0 Å². The van der Waals surface area contributed by atoms with E-state index in [4.69, 9.17) is 4.74 Å². The highest BCUT2D eigenvalue weighted by Crippen LogP contribution is 2.18. The molecule has 0 unspecified atom stereocenters. The van der Waals surface area contributed by atoms with Crippen LogP contribution in [0.25, 0.3) is 0 Å². The highest BCUT2D eigenvalue weighted by molar-refractivity contribution is 7.89. The van der Waals surface area contributed by atoms with Gasteiger partial charge in [-0.1, -0.05) is 17.7 Å². The lowest BCUT2D eigenvalue weighted by atomic mass is 10.1. The molecule has 1 amide bonds. The van der Waals surface area contributed by atoms with Crippen LogP contribution in [0.5, 0.6) is 0 Å². The van der Waals surface area contributed by atoms with Crippen molar-refractivity contribution in [3.63, 3.8) is 0 Å². The Morgan fingerprint density at radius 2 is 1.89 bits per heavy atom. The second kappa shape index (κ2) is 8.21. The number of nitrogens with one attached hydrogen (secondary N) is 2. The Hall–Kier alpha value is -2.22. The number of hydrogen-bond acceptors (Lipinski definition) is 4. The van der Waals surface area contributed by atoms with E-state index in [9.17, 15) is 13.2 Å². The van der Waals surface area contributed by atoms with Crippen molar-refractivity contribution in [2.75, 3.05) is 18.5 Å². The normalized spacial score (nSPS) is 17.0. The van der Waals surface area contributed by atoms with Crippen LogP contribution in [0.15, 0.2) is 47.4 Å². The van der Waals surface area contributed by atoms with Gasteiger partial charge >= 0.3 is 0 Å². The maximum absolute atomic E-state index is 12.4. The van der Waals surface area contributed by atoms with E-state index in [1.165, 1.54) is 24.3 Å². The smallest absolute Gasteiger partial charge is 0.255 e. The molecule has 7 heteroatoms. The molecular formula is C20H24N2O4S. The average Bonchev–Trinajstić information content (AvgIpc) is 3.16. The number of aryl methyl sites for hydroxylation is 2. The Kier molecular flexibility index (Phi) is 5.94. The van der Waals surface area contributed by atoms with Crippen molar-refractivity contribution < 1.29 is 17.9 Å².